The summed E-state index contributed by atoms with van der Waals surface area (Å²) in [6, 6.07) is 11.2. The van der Waals surface area contributed by atoms with Crippen LogP contribution < -0.4 is 5.73 Å². The Morgan fingerprint density at radius 1 is 1.12 bits per heavy atom. The monoisotopic (exact) mass is 610 g/mol. The van der Waals surface area contributed by atoms with Crippen LogP contribution >= 0.6 is 22.9 Å². The molecule has 6 nitrogen and oxygen atoms in total. The number of thiazole rings is 1. The van der Waals surface area contributed by atoms with E-state index >= 15 is 0 Å². The molecule has 1 aliphatic carbocycles. The van der Waals surface area contributed by atoms with Crippen molar-refractivity contribution in [1.29, 1.82) is 0 Å². The van der Waals surface area contributed by atoms with E-state index in [4.69, 9.17) is 17.3 Å². The fourth-order valence-corrected chi connectivity index (χ4v) is 6.43. The summed E-state index contributed by atoms with van der Waals surface area (Å²) < 4.78 is 2.26. The second-order valence-corrected chi connectivity index (χ2v) is 10.7. The number of aliphatic imine (C=N–C) groups is 2. The van der Waals surface area contributed by atoms with Crippen LogP contribution in [0.4, 0.5) is 5.82 Å². The first kappa shape index (κ1) is 35.5. The van der Waals surface area contributed by atoms with Crippen LogP contribution in [0.5, 0.6) is 0 Å². The quantitative estimate of drug-likeness (QED) is 0.0863. The minimum absolute atomic E-state index is 0.104. The Labute approximate surface area is 263 Å². The molecule has 1 aliphatic heterocycles. The van der Waals surface area contributed by atoms with Gasteiger partial charge in [-0.25, -0.2) is 9.98 Å². The fraction of sp³-hybridized carbons (Fsp3) is 0.500. The molecule has 0 bridgehead atoms. The summed E-state index contributed by atoms with van der Waals surface area (Å²) in [7, 11) is 0. The first-order valence-corrected chi connectivity index (χ1v) is 17.0. The standard InChI is InChI=1S/C28H33ClN6S.3C2H6/c1-31-27-25(26(30)33-19-29)24(28-32-12-16-36-28)18-35(27)23-8-7-22(17-23)21-10-14-34(15-11-21)13-9-20-5-3-2-4-6-20;3*1-2/h2-6,10,12,16,18,22-23H,1,7-9,11,13-15,17,19H2,(H2,30,33);3*1-2H3. The van der Waals surface area contributed by atoms with Crippen molar-refractivity contribution in [1.82, 2.24) is 14.5 Å². The van der Waals surface area contributed by atoms with Gasteiger partial charge in [-0.2, -0.15) is 0 Å². The van der Waals surface area contributed by atoms with Crippen molar-refractivity contribution < 1.29 is 0 Å². The van der Waals surface area contributed by atoms with Crippen molar-refractivity contribution in [2.24, 2.45) is 21.6 Å². The Hall–Kier alpha value is -2.74. The highest BCUT2D eigenvalue weighted by Gasteiger charge is 2.32. The highest BCUT2D eigenvalue weighted by Crippen LogP contribution is 2.45. The van der Waals surface area contributed by atoms with Crippen molar-refractivity contribution in [2.45, 2.75) is 79.7 Å². The summed E-state index contributed by atoms with van der Waals surface area (Å²) in [6.45, 7) is 19.2. The molecule has 0 saturated heterocycles. The summed E-state index contributed by atoms with van der Waals surface area (Å²) in [4.78, 5) is 15.8. The Kier molecular flexibility index (Phi) is 16.4. The van der Waals surface area contributed by atoms with Gasteiger partial charge >= 0.3 is 0 Å². The molecule has 2 N–H and O–H groups in total. The summed E-state index contributed by atoms with van der Waals surface area (Å²) in [5.41, 5.74) is 11.1. The molecule has 0 radical (unpaired) electrons. The first-order chi connectivity index (χ1) is 20.7. The number of nitrogens with two attached hydrogens (primary N) is 1. The van der Waals surface area contributed by atoms with Gasteiger partial charge in [-0.3, -0.25) is 9.89 Å². The van der Waals surface area contributed by atoms with Crippen LogP contribution in [0.15, 0.2) is 69.7 Å². The maximum atomic E-state index is 6.35. The minimum Gasteiger partial charge on any atom is -0.383 e. The first-order valence-electron chi connectivity index (χ1n) is 15.6. The molecular weight excluding hydrogens is 560 g/mol. The van der Waals surface area contributed by atoms with E-state index < -0.39 is 0 Å². The maximum Gasteiger partial charge on any atom is 0.143 e. The van der Waals surface area contributed by atoms with Crippen molar-refractivity contribution in [2.75, 3.05) is 25.6 Å². The second kappa shape index (κ2) is 19.4. The van der Waals surface area contributed by atoms with E-state index in [1.54, 1.807) is 23.1 Å². The average Bonchev–Trinajstić information content (AvgIpc) is 3.84. The molecule has 5 rings (SSSR count). The Balaban J connectivity index is 0.000000966. The number of hydrogen-bond donors (Lipinski definition) is 1. The summed E-state index contributed by atoms with van der Waals surface area (Å²) in [6.07, 6.45) is 12.1. The van der Waals surface area contributed by atoms with Crippen molar-refractivity contribution in [3.8, 4) is 10.6 Å². The van der Waals surface area contributed by atoms with E-state index in [-0.39, 0.29) is 6.00 Å². The van der Waals surface area contributed by atoms with Gasteiger partial charge in [0.2, 0.25) is 0 Å². The third-order valence-electron chi connectivity index (χ3n) is 7.52. The number of halogens is 1. The normalized spacial score (nSPS) is 18.5. The van der Waals surface area contributed by atoms with Crippen molar-refractivity contribution in [3.05, 3.63) is 70.9 Å². The maximum absolute atomic E-state index is 6.35. The zero-order chi connectivity index (χ0) is 30.9. The van der Waals surface area contributed by atoms with Crippen LogP contribution in [0, 0.1) is 5.92 Å². The third kappa shape index (κ3) is 9.13. The van der Waals surface area contributed by atoms with Crippen LogP contribution in [0.25, 0.3) is 10.6 Å². The number of aromatic nitrogens is 2. The molecule has 2 atom stereocenters. The molecule has 8 heteroatoms. The Morgan fingerprint density at radius 2 is 1.86 bits per heavy atom. The van der Waals surface area contributed by atoms with E-state index in [0.29, 0.717) is 17.8 Å². The van der Waals surface area contributed by atoms with Gasteiger partial charge in [-0.05, 0) is 50.3 Å². The van der Waals surface area contributed by atoms with E-state index in [9.17, 15) is 0 Å². The van der Waals surface area contributed by atoms with Gasteiger partial charge < -0.3 is 10.3 Å². The van der Waals surface area contributed by atoms with Gasteiger partial charge in [0.05, 0.1) is 5.56 Å². The molecule has 3 aromatic rings. The number of rotatable bonds is 9. The lowest BCUT2D eigenvalue weighted by Crippen LogP contribution is -2.31. The van der Waals surface area contributed by atoms with Gasteiger partial charge in [0.15, 0.2) is 0 Å². The summed E-state index contributed by atoms with van der Waals surface area (Å²) in [5, 5.41) is 2.87. The molecule has 1 fully saturated rings. The number of nitrogens with zero attached hydrogens (tertiary/aromatic N) is 5. The second-order valence-electron chi connectivity index (χ2n) is 9.54. The van der Waals surface area contributed by atoms with Gasteiger partial charge in [0, 0.05) is 49.0 Å². The molecule has 2 aliphatic rings. The van der Waals surface area contributed by atoms with Crippen LogP contribution in [0.1, 0.15) is 84.4 Å². The molecule has 0 amide bonds. The number of benzene rings is 1. The predicted octanol–water partition coefficient (Wildman–Crippen LogP) is 9.14. The lowest BCUT2D eigenvalue weighted by molar-refractivity contribution is 0.290. The summed E-state index contributed by atoms with van der Waals surface area (Å²) in [5.74, 6) is 1.77. The van der Waals surface area contributed by atoms with Crippen LogP contribution in [-0.2, 0) is 6.42 Å². The van der Waals surface area contributed by atoms with E-state index in [2.05, 4.69) is 73.8 Å². The van der Waals surface area contributed by atoms with Gasteiger partial charge in [-0.15, -0.1) is 22.9 Å². The predicted molar refractivity (Wildman–Crippen MR) is 186 cm³/mol. The molecule has 42 heavy (non-hydrogen) atoms. The molecule has 0 spiro atoms. The Bertz CT molecular complexity index is 1230. The molecule has 3 heterocycles. The lowest BCUT2D eigenvalue weighted by Gasteiger charge is -2.28. The van der Waals surface area contributed by atoms with Gasteiger partial charge in [0.25, 0.3) is 0 Å². The Morgan fingerprint density at radius 3 is 2.45 bits per heavy atom. The van der Waals surface area contributed by atoms with E-state index in [0.717, 1.165) is 67.3 Å². The third-order valence-corrected chi connectivity index (χ3v) is 8.44. The molecule has 2 aromatic heterocycles. The van der Waals surface area contributed by atoms with Crippen molar-refractivity contribution >= 4 is 41.3 Å². The highest BCUT2D eigenvalue weighted by atomic mass is 35.5. The lowest BCUT2D eigenvalue weighted by atomic mass is 9.92. The topological polar surface area (TPSA) is 71.8 Å². The largest absolute Gasteiger partial charge is 0.383 e. The minimum atomic E-state index is 0.104. The summed E-state index contributed by atoms with van der Waals surface area (Å²) >= 11 is 7.46. The number of alkyl halides is 1. The molecule has 2 unspecified atom stereocenters. The fourth-order valence-electron chi connectivity index (χ4n) is 5.65. The SMILES string of the molecule is C=Nc1c(/C(N)=N\CCl)c(-c2nccs2)cn1C1CCC(C2=CCN(CCc3ccccc3)CC2)C1.CC.CC.CC. The van der Waals surface area contributed by atoms with Crippen LogP contribution in [0.2, 0.25) is 0 Å². The smallest absolute Gasteiger partial charge is 0.143 e. The number of amidine groups is 1. The molecule has 1 aromatic carbocycles. The van der Waals surface area contributed by atoms with Crippen LogP contribution in [-0.4, -0.2) is 52.6 Å². The zero-order valence-electron chi connectivity index (χ0n) is 26.5. The average molecular weight is 611 g/mol. The van der Waals surface area contributed by atoms with Gasteiger partial charge in [0.1, 0.15) is 22.7 Å². The molecule has 230 valence electrons. The van der Waals surface area contributed by atoms with Crippen molar-refractivity contribution in [3.63, 3.8) is 0 Å². The highest BCUT2D eigenvalue weighted by molar-refractivity contribution is 7.13. The van der Waals surface area contributed by atoms with E-state index in [1.807, 2.05) is 46.9 Å². The molecular formula is C34H51ClN6S. The van der Waals surface area contributed by atoms with Gasteiger partial charge in [-0.1, -0.05) is 83.5 Å². The van der Waals surface area contributed by atoms with Crippen LogP contribution in [0.3, 0.4) is 0 Å². The zero-order valence-corrected chi connectivity index (χ0v) is 28.1. The molecule has 1 saturated carbocycles. The van der Waals surface area contributed by atoms with E-state index in [1.165, 1.54) is 12.0 Å². The number of hydrogen-bond acceptors (Lipinski definition) is 5.